The molecular weight excluding hydrogens is 322 g/mol. The number of halogens is 1. The molecule has 1 aromatic carbocycles. The van der Waals surface area contributed by atoms with Crippen molar-refractivity contribution < 1.29 is 9.53 Å². The van der Waals surface area contributed by atoms with Gasteiger partial charge >= 0.3 is 6.03 Å². The Morgan fingerprint density at radius 2 is 2.00 bits per heavy atom. The molecule has 0 atom stereocenters. The molecule has 1 aromatic heterocycles. The van der Waals surface area contributed by atoms with Crippen LogP contribution in [0.15, 0.2) is 53.1 Å². The van der Waals surface area contributed by atoms with Gasteiger partial charge in [0.15, 0.2) is 0 Å². The van der Waals surface area contributed by atoms with Crippen molar-refractivity contribution in [2.45, 2.75) is 0 Å². The molecule has 0 aliphatic heterocycles. The number of hydrogen-bond acceptors (Lipinski definition) is 3. The molecule has 6 heteroatoms. The minimum Gasteiger partial charge on any atom is -0.492 e. The number of anilines is 1. The lowest BCUT2D eigenvalue weighted by molar-refractivity contribution is 0.247. The Morgan fingerprint density at radius 3 is 2.70 bits per heavy atom. The molecule has 0 unspecified atom stereocenters. The van der Waals surface area contributed by atoms with Crippen molar-refractivity contribution in [2.75, 3.05) is 18.5 Å². The van der Waals surface area contributed by atoms with E-state index in [2.05, 4.69) is 31.5 Å². The van der Waals surface area contributed by atoms with Gasteiger partial charge in [-0.3, -0.25) is 5.32 Å². The first kappa shape index (κ1) is 14.3. The van der Waals surface area contributed by atoms with Crippen molar-refractivity contribution in [3.63, 3.8) is 0 Å². The van der Waals surface area contributed by atoms with Gasteiger partial charge in [-0.2, -0.15) is 0 Å². The van der Waals surface area contributed by atoms with Crippen LogP contribution in [0.1, 0.15) is 0 Å². The van der Waals surface area contributed by atoms with E-state index in [-0.39, 0.29) is 6.03 Å². The van der Waals surface area contributed by atoms with Crippen molar-refractivity contribution in [1.82, 2.24) is 10.3 Å². The second-order valence-corrected chi connectivity index (χ2v) is 4.82. The largest absolute Gasteiger partial charge is 0.492 e. The van der Waals surface area contributed by atoms with E-state index in [4.69, 9.17) is 4.74 Å². The third-order valence-electron chi connectivity index (χ3n) is 2.37. The Bertz CT molecular complexity index is 546. The van der Waals surface area contributed by atoms with Crippen molar-refractivity contribution in [2.24, 2.45) is 0 Å². The van der Waals surface area contributed by atoms with Gasteiger partial charge in [-0.25, -0.2) is 9.78 Å². The third kappa shape index (κ3) is 4.89. The van der Waals surface area contributed by atoms with Gasteiger partial charge in [0.05, 0.1) is 6.54 Å². The van der Waals surface area contributed by atoms with E-state index in [0.717, 1.165) is 10.2 Å². The number of hydrogen-bond donors (Lipinski definition) is 2. The fourth-order valence-corrected chi connectivity index (χ4v) is 1.69. The predicted molar refractivity (Wildman–Crippen MR) is 80.9 cm³/mol. The minimum absolute atomic E-state index is 0.309. The summed E-state index contributed by atoms with van der Waals surface area (Å²) in [5.41, 5.74) is 0. The minimum atomic E-state index is -0.309. The normalized spacial score (nSPS) is 9.85. The van der Waals surface area contributed by atoms with Gasteiger partial charge in [-0.1, -0.05) is 18.2 Å². The van der Waals surface area contributed by atoms with E-state index < -0.39 is 0 Å². The molecule has 0 aliphatic rings. The maximum absolute atomic E-state index is 11.6. The van der Waals surface area contributed by atoms with E-state index in [1.807, 2.05) is 30.3 Å². The van der Waals surface area contributed by atoms with Crippen LogP contribution in [0.3, 0.4) is 0 Å². The van der Waals surface area contributed by atoms with E-state index in [1.165, 1.54) is 0 Å². The molecule has 0 bridgehead atoms. The zero-order valence-electron chi connectivity index (χ0n) is 10.7. The highest BCUT2D eigenvalue weighted by molar-refractivity contribution is 9.10. The highest BCUT2D eigenvalue weighted by Gasteiger charge is 2.01. The van der Waals surface area contributed by atoms with Gasteiger partial charge in [-0.05, 0) is 40.2 Å². The molecule has 2 amide bonds. The summed E-state index contributed by atoms with van der Waals surface area (Å²) in [5, 5.41) is 5.32. The van der Waals surface area contributed by atoms with E-state index >= 15 is 0 Å². The smallest absolute Gasteiger partial charge is 0.320 e. The number of carbonyl (C=O) groups is 1. The number of ether oxygens (including phenoxy) is 1. The first-order chi connectivity index (χ1) is 9.74. The van der Waals surface area contributed by atoms with Crippen LogP contribution in [0.4, 0.5) is 10.6 Å². The number of amides is 2. The van der Waals surface area contributed by atoms with Crippen molar-refractivity contribution in [3.05, 3.63) is 53.1 Å². The number of benzene rings is 1. The number of urea groups is 1. The average molecular weight is 336 g/mol. The predicted octanol–water partition coefficient (Wildman–Crippen LogP) is 3.04. The maximum Gasteiger partial charge on any atom is 0.320 e. The maximum atomic E-state index is 11.6. The molecule has 1 heterocycles. The van der Waals surface area contributed by atoms with Gasteiger partial charge in [0.25, 0.3) is 0 Å². The van der Waals surface area contributed by atoms with Gasteiger partial charge in [0.1, 0.15) is 18.2 Å². The fraction of sp³-hybridized carbons (Fsp3) is 0.143. The molecule has 0 aliphatic carbocycles. The summed E-state index contributed by atoms with van der Waals surface area (Å²) in [7, 11) is 0. The van der Waals surface area contributed by atoms with Crippen LogP contribution in [0, 0.1) is 0 Å². The lowest BCUT2D eigenvalue weighted by Crippen LogP contribution is -2.32. The van der Waals surface area contributed by atoms with Gasteiger partial charge < -0.3 is 10.1 Å². The Morgan fingerprint density at radius 1 is 1.20 bits per heavy atom. The molecule has 0 fully saturated rings. The number of rotatable bonds is 5. The molecule has 0 radical (unpaired) electrons. The lowest BCUT2D eigenvalue weighted by Gasteiger charge is -2.08. The molecule has 20 heavy (non-hydrogen) atoms. The first-order valence-corrected chi connectivity index (χ1v) is 6.87. The van der Waals surface area contributed by atoms with E-state index in [1.54, 1.807) is 18.3 Å². The van der Waals surface area contributed by atoms with Gasteiger partial charge in [-0.15, -0.1) is 0 Å². The topological polar surface area (TPSA) is 63.2 Å². The standard InChI is InChI=1S/C14H14BrN3O2/c15-11-6-7-13(17-10-11)18-14(19)16-8-9-20-12-4-2-1-3-5-12/h1-7,10H,8-9H2,(H2,16,17,18,19). The molecular formula is C14H14BrN3O2. The van der Waals surface area contributed by atoms with Crippen LogP contribution in [0.2, 0.25) is 0 Å². The second-order valence-electron chi connectivity index (χ2n) is 3.90. The van der Waals surface area contributed by atoms with Gasteiger partial charge in [0.2, 0.25) is 0 Å². The highest BCUT2D eigenvalue weighted by atomic mass is 79.9. The number of nitrogens with one attached hydrogen (secondary N) is 2. The van der Waals surface area contributed by atoms with Crippen molar-refractivity contribution >= 4 is 27.8 Å². The molecule has 2 N–H and O–H groups in total. The number of nitrogens with zero attached hydrogens (tertiary/aromatic N) is 1. The summed E-state index contributed by atoms with van der Waals surface area (Å²) in [5.74, 6) is 1.28. The summed E-state index contributed by atoms with van der Waals surface area (Å²) < 4.78 is 6.32. The number of aromatic nitrogens is 1. The summed E-state index contributed by atoms with van der Waals surface area (Å²) >= 11 is 3.28. The van der Waals surface area contributed by atoms with Crippen LogP contribution < -0.4 is 15.4 Å². The summed E-state index contributed by atoms with van der Waals surface area (Å²) in [6.07, 6.45) is 1.62. The zero-order chi connectivity index (χ0) is 14.2. The monoisotopic (exact) mass is 335 g/mol. The van der Waals surface area contributed by atoms with Gasteiger partial charge in [0, 0.05) is 10.7 Å². The van der Waals surface area contributed by atoms with E-state index in [9.17, 15) is 4.79 Å². The molecule has 0 spiro atoms. The van der Waals surface area contributed by atoms with Crippen LogP contribution in [0.5, 0.6) is 5.75 Å². The Hall–Kier alpha value is -2.08. The zero-order valence-corrected chi connectivity index (χ0v) is 12.3. The highest BCUT2D eigenvalue weighted by Crippen LogP contribution is 2.10. The summed E-state index contributed by atoms with van der Waals surface area (Å²) in [6, 6.07) is 12.7. The molecule has 0 saturated heterocycles. The Labute approximate surface area is 125 Å². The van der Waals surface area contributed by atoms with Crippen LogP contribution in [0.25, 0.3) is 0 Å². The third-order valence-corrected chi connectivity index (χ3v) is 2.84. The molecule has 2 rings (SSSR count). The SMILES string of the molecule is O=C(NCCOc1ccccc1)Nc1ccc(Br)cn1. The van der Waals surface area contributed by atoms with Crippen molar-refractivity contribution in [3.8, 4) is 5.75 Å². The summed E-state index contributed by atoms with van der Waals surface area (Å²) in [6.45, 7) is 0.822. The van der Waals surface area contributed by atoms with E-state index in [0.29, 0.717) is 19.0 Å². The molecule has 5 nitrogen and oxygen atoms in total. The molecule has 0 saturated carbocycles. The molecule has 2 aromatic rings. The Kier molecular flexibility index (Phi) is 5.37. The van der Waals surface area contributed by atoms with Crippen LogP contribution in [-0.4, -0.2) is 24.2 Å². The average Bonchev–Trinajstić information content (AvgIpc) is 2.47. The number of para-hydroxylation sites is 1. The number of pyridine rings is 1. The Balaban J connectivity index is 1.66. The quantitative estimate of drug-likeness (QED) is 0.825. The van der Waals surface area contributed by atoms with Crippen LogP contribution >= 0.6 is 15.9 Å². The second kappa shape index (κ2) is 7.49. The first-order valence-electron chi connectivity index (χ1n) is 6.08. The molecule has 104 valence electrons. The summed E-state index contributed by atoms with van der Waals surface area (Å²) in [4.78, 5) is 15.6. The fourth-order valence-electron chi connectivity index (χ4n) is 1.46. The van der Waals surface area contributed by atoms with Crippen LogP contribution in [-0.2, 0) is 0 Å². The lowest BCUT2D eigenvalue weighted by atomic mass is 10.3. The number of carbonyl (C=O) groups excluding carboxylic acids is 1. The van der Waals surface area contributed by atoms with Crippen molar-refractivity contribution in [1.29, 1.82) is 0 Å².